The summed E-state index contributed by atoms with van der Waals surface area (Å²) in [7, 11) is 4.11. The highest BCUT2D eigenvalue weighted by atomic mass is 19.4. The summed E-state index contributed by atoms with van der Waals surface area (Å²) in [6.07, 6.45) is -3.32. The largest absolute Gasteiger partial charge is 0.496 e. The molecule has 0 aliphatic carbocycles. The molecule has 1 N–H and O–H groups in total. The average molecular weight is 477 g/mol. The van der Waals surface area contributed by atoms with Crippen LogP contribution >= 0.6 is 0 Å². The minimum Gasteiger partial charge on any atom is -0.496 e. The molecule has 1 aliphatic rings. The summed E-state index contributed by atoms with van der Waals surface area (Å²) in [6.45, 7) is 0. The number of halogens is 3. The maximum atomic E-state index is 13.4. The number of allylic oxidation sites excluding steroid dienone is 1. The van der Waals surface area contributed by atoms with E-state index in [2.05, 4.69) is 15.4 Å². The number of ether oxygens (including phenoxy) is 3. The Kier molecular flexibility index (Phi) is 5.77. The second-order valence-electron chi connectivity index (χ2n) is 7.07. The van der Waals surface area contributed by atoms with Crippen molar-refractivity contribution in [2.75, 3.05) is 26.6 Å². The molecule has 1 aliphatic heterocycles. The van der Waals surface area contributed by atoms with E-state index in [1.54, 1.807) is 24.3 Å². The van der Waals surface area contributed by atoms with Gasteiger partial charge < -0.3 is 19.5 Å². The fourth-order valence-electron chi connectivity index (χ4n) is 3.64. The van der Waals surface area contributed by atoms with Gasteiger partial charge in [-0.05, 0) is 24.3 Å². The van der Waals surface area contributed by atoms with Crippen molar-refractivity contribution in [1.82, 2.24) is 14.8 Å². The third-order valence-corrected chi connectivity index (χ3v) is 5.16. The van der Waals surface area contributed by atoms with Gasteiger partial charge in [0, 0.05) is 5.56 Å². The van der Waals surface area contributed by atoms with Gasteiger partial charge in [-0.2, -0.15) is 18.2 Å². The first-order chi connectivity index (χ1) is 16.2. The minimum absolute atomic E-state index is 0.0245. The molecule has 13 heteroatoms. The number of para-hydroxylation sites is 1. The molecule has 1 aromatic heterocycles. The van der Waals surface area contributed by atoms with Crippen molar-refractivity contribution in [1.29, 1.82) is 0 Å². The van der Waals surface area contributed by atoms with Crippen molar-refractivity contribution >= 4 is 17.3 Å². The molecule has 34 heavy (non-hydrogen) atoms. The molecule has 0 fully saturated rings. The number of anilines is 1. The molecule has 0 unspecified atom stereocenters. The van der Waals surface area contributed by atoms with Crippen molar-refractivity contribution in [2.24, 2.45) is 0 Å². The van der Waals surface area contributed by atoms with Crippen LogP contribution in [-0.2, 0) is 6.18 Å². The summed E-state index contributed by atoms with van der Waals surface area (Å²) < 4.78 is 57.0. The Hall–Kier alpha value is -4.29. The second kappa shape index (κ2) is 8.57. The van der Waals surface area contributed by atoms with Crippen LogP contribution in [0.5, 0.6) is 17.2 Å². The molecule has 0 saturated carbocycles. The van der Waals surface area contributed by atoms with E-state index in [-0.39, 0.29) is 23.0 Å². The van der Waals surface area contributed by atoms with E-state index in [0.717, 1.165) is 10.7 Å². The molecule has 2 heterocycles. The summed E-state index contributed by atoms with van der Waals surface area (Å²) in [5.74, 6) is -0.948. The number of rotatable bonds is 6. The third kappa shape index (κ3) is 3.95. The zero-order valence-corrected chi connectivity index (χ0v) is 18.1. The highest BCUT2D eigenvalue weighted by Gasteiger charge is 2.40. The van der Waals surface area contributed by atoms with E-state index in [9.17, 15) is 23.3 Å². The van der Waals surface area contributed by atoms with Gasteiger partial charge in [0.05, 0.1) is 43.6 Å². The number of hydrogen-bond donors (Lipinski definition) is 1. The number of nitrogens with zero attached hydrogens (tertiary/aromatic N) is 4. The summed E-state index contributed by atoms with van der Waals surface area (Å²) in [4.78, 5) is 14.8. The van der Waals surface area contributed by atoms with Gasteiger partial charge >= 0.3 is 6.18 Å². The Morgan fingerprint density at radius 3 is 2.32 bits per heavy atom. The van der Waals surface area contributed by atoms with Gasteiger partial charge in [0.1, 0.15) is 11.8 Å². The Morgan fingerprint density at radius 2 is 1.71 bits per heavy atom. The van der Waals surface area contributed by atoms with Crippen LogP contribution in [0, 0.1) is 10.1 Å². The molecular formula is C21H18F3N5O5. The van der Waals surface area contributed by atoms with E-state index >= 15 is 0 Å². The number of fused-ring (bicyclic) bond motifs is 1. The first-order valence-corrected chi connectivity index (χ1v) is 9.74. The molecule has 178 valence electrons. The zero-order valence-electron chi connectivity index (χ0n) is 18.1. The predicted molar refractivity (Wildman–Crippen MR) is 114 cm³/mol. The van der Waals surface area contributed by atoms with Gasteiger partial charge in [0.2, 0.25) is 5.95 Å². The molecule has 0 radical (unpaired) electrons. The maximum absolute atomic E-state index is 13.4. The lowest BCUT2D eigenvalue weighted by Gasteiger charge is -2.25. The Labute approximate surface area is 190 Å². The topological polar surface area (TPSA) is 114 Å². The highest BCUT2D eigenvalue weighted by Crippen LogP contribution is 2.43. The molecule has 0 amide bonds. The van der Waals surface area contributed by atoms with Crippen LogP contribution in [0.15, 0.2) is 42.5 Å². The van der Waals surface area contributed by atoms with Crippen LogP contribution in [-0.4, -0.2) is 41.0 Å². The van der Waals surface area contributed by atoms with Crippen molar-refractivity contribution in [3.8, 4) is 17.2 Å². The van der Waals surface area contributed by atoms with Crippen LogP contribution in [0.1, 0.15) is 23.0 Å². The summed E-state index contributed by atoms with van der Waals surface area (Å²) in [5, 5.41) is 18.3. The lowest BCUT2D eigenvalue weighted by Crippen LogP contribution is -2.21. The Balaban J connectivity index is 1.98. The second-order valence-corrected chi connectivity index (χ2v) is 7.07. The molecule has 2 aromatic carbocycles. The first kappa shape index (κ1) is 22.9. The molecule has 3 aromatic rings. The van der Waals surface area contributed by atoms with E-state index in [1.807, 2.05) is 0 Å². The molecular weight excluding hydrogens is 459 g/mol. The molecule has 1 atom stereocenters. The smallest absolute Gasteiger partial charge is 0.453 e. The summed E-state index contributed by atoms with van der Waals surface area (Å²) >= 11 is 0. The number of hydrogen-bond acceptors (Lipinski definition) is 8. The number of nitro groups is 1. The molecule has 0 saturated heterocycles. The minimum atomic E-state index is -4.83. The molecule has 0 spiro atoms. The Bertz CT molecular complexity index is 1290. The SMILES string of the molecule is COc1cc([C@@H]2C=C(c3ccccc3OC)Nc3nc(C(F)(F)F)nn32)c([N+](=O)[O-])cc1OC. The van der Waals surface area contributed by atoms with E-state index in [0.29, 0.717) is 17.0 Å². The van der Waals surface area contributed by atoms with Crippen LogP contribution in [0.25, 0.3) is 5.70 Å². The molecule has 10 nitrogen and oxygen atoms in total. The van der Waals surface area contributed by atoms with E-state index in [4.69, 9.17) is 14.2 Å². The van der Waals surface area contributed by atoms with Crippen LogP contribution in [0.4, 0.5) is 24.8 Å². The number of nitro benzene ring substituents is 1. The fraction of sp³-hybridized carbons (Fsp3) is 0.238. The van der Waals surface area contributed by atoms with Crippen LogP contribution < -0.4 is 19.5 Å². The van der Waals surface area contributed by atoms with Crippen molar-refractivity contribution in [3.63, 3.8) is 0 Å². The monoisotopic (exact) mass is 477 g/mol. The number of methoxy groups -OCH3 is 3. The predicted octanol–water partition coefficient (Wildman–Crippen LogP) is 4.29. The number of nitrogens with one attached hydrogen (secondary N) is 1. The van der Waals surface area contributed by atoms with Gasteiger partial charge in [0.15, 0.2) is 11.5 Å². The van der Waals surface area contributed by atoms with Crippen molar-refractivity contribution in [2.45, 2.75) is 12.2 Å². The zero-order chi connectivity index (χ0) is 24.6. The number of benzene rings is 2. The van der Waals surface area contributed by atoms with Crippen molar-refractivity contribution in [3.05, 3.63) is 69.5 Å². The van der Waals surface area contributed by atoms with Crippen LogP contribution in [0.3, 0.4) is 0 Å². The number of aromatic nitrogens is 3. The van der Waals surface area contributed by atoms with Gasteiger partial charge in [-0.25, -0.2) is 4.68 Å². The standard InChI is InChI=1S/C21H18F3N5O5/c1-32-16-7-5-4-6-11(16)13-9-14(28-20(25-13)26-19(27-28)21(22,23)24)12-8-17(33-2)18(34-3)10-15(12)29(30)31/h4-10,14H,1-3H3,(H,25,26,27)/t14-/m0/s1. The van der Waals surface area contributed by atoms with E-state index < -0.39 is 28.7 Å². The Morgan fingerprint density at radius 1 is 1.06 bits per heavy atom. The van der Waals surface area contributed by atoms with Gasteiger partial charge in [-0.1, -0.05) is 12.1 Å². The van der Waals surface area contributed by atoms with Gasteiger partial charge in [-0.15, -0.1) is 5.10 Å². The maximum Gasteiger partial charge on any atom is 0.453 e. The summed E-state index contributed by atoms with van der Waals surface area (Å²) in [6, 6.07) is 8.15. The molecule has 0 bridgehead atoms. The first-order valence-electron chi connectivity index (χ1n) is 9.74. The van der Waals surface area contributed by atoms with Crippen LogP contribution in [0.2, 0.25) is 0 Å². The number of alkyl halides is 3. The quantitative estimate of drug-likeness (QED) is 0.413. The normalized spacial score (nSPS) is 15.1. The lowest BCUT2D eigenvalue weighted by atomic mass is 9.99. The van der Waals surface area contributed by atoms with Crippen molar-refractivity contribution < 1.29 is 32.3 Å². The fourth-order valence-corrected chi connectivity index (χ4v) is 3.64. The van der Waals surface area contributed by atoms with E-state index in [1.165, 1.54) is 33.5 Å². The summed E-state index contributed by atoms with van der Waals surface area (Å²) in [5.41, 5.74) is 0.479. The molecule has 4 rings (SSSR count). The third-order valence-electron chi connectivity index (χ3n) is 5.16. The average Bonchev–Trinajstić information content (AvgIpc) is 3.27. The van der Waals surface area contributed by atoms with Gasteiger partial charge in [-0.3, -0.25) is 10.1 Å². The van der Waals surface area contributed by atoms with Gasteiger partial charge in [0.25, 0.3) is 11.5 Å². The highest BCUT2D eigenvalue weighted by molar-refractivity contribution is 5.80. The lowest BCUT2D eigenvalue weighted by molar-refractivity contribution is -0.385.